The molecule has 0 saturated carbocycles. The summed E-state index contributed by atoms with van der Waals surface area (Å²) in [5.41, 5.74) is 0.122. The zero-order valence-electron chi connectivity index (χ0n) is 6.59. The lowest BCUT2D eigenvalue weighted by Crippen LogP contribution is -2.10. The Bertz CT molecular complexity index is 476. The van der Waals surface area contributed by atoms with Crippen molar-refractivity contribution in [3.05, 3.63) is 24.2 Å². The maximum absolute atomic E-state index is 12.3. The van der Waals surface area contributed by atoms with Crippen LogP contribution in [0.4, 0.5) is 13.2 Å². The lowest BCUT2D eigenvalue weighted by molar-refractivity contribution is -0.145. The highest BCUT2D eigenvalue weighted by molar-refractivity contribution is 6.19. The van der Waals surface area contributed by atoms with E-state index in [4.69, 9.17) is 11.8 Å². The first-order valence-electron chi connectivity index (χ1n) is 3.57. The van der Waals surface area contributed by atoms with E-state index in [1.54, 1.807) is 0 Å². The molecule has 0 fully saturated rings. The van der Waals surface area contributed by atoms with Crippen molar-refractivity contribution in [2.45, 2.75) is 6.18 Å². The Labute approximate surface area is 81.2 Å². The highest BCUT2D eigenvalue weighted by Gasteiger charge is 2.37. The normalized spacial score (nSPS) is 12.3. The third-order valence-corrected chi connectivity index (χ3v) is 1.97. The number of nitrogens with zero attached hydrogens (tertiary/aromatic N) is 3. The van der Waals surface area contributed by atoms with Gasteiger partial charge in [0.15, 0.2) is 5.65 Å². The predicted molar refractivity (Wildman–Crippen MR) is 43.8 cm³/mol. The van der Waals surface area contributed by atoms with Gasteiger partial charge in [0.05, 0.1) is 0 Å². The Balaban J connectivity index is 2.75. The minimum atomic E-state index is -4.57. The molecule has 0 N–H and O–H groups in total. The minimum Gasteiger partial charge on any atom is -0.235 e. The minimum absolute atomic E-state index is 0.0187. The molecule has 0 unspecified atom stereocenters. The fourth-order valence-electron chi connectivity index (χ4n) is 1.06. The molecule has 0 aliphatic carbocycles. The summed E-state index contributed by atoms with van der Waals surface area (Å²) in [6, 6.07) is 2.90. The highest BCUT2D eigenvalue weighted by Crippen LogP contribution is 2.31. The van der Waals surface area contributed by atoms with Crippen LogP contribution in [0, 0.1) is 0 Å². The largest absolute Gasteiger partial charge is 0.451 e. The summed E-state index contributed by atoms with van der Waals surface area (Å²) in [5, 5.41) is 0. The van der Waals surface area contributed by atoms with Gasteiger partial charge in [0.25, 0.3) is 0 Å². The van der Waals surface area contributed by atoms with Crippen LogP contribution in [0.5, 0.6) is 0 Å². The van der Waals surface area contributed by atoms with Gasteiger partial charge in [-0.2, -0.15) is 13.2 Å². The Morgan fingerprint density at radius 1 is 1.36 bits per heavy atom. The third kappa shape index (κ3) is 1.31. The van der Waals surface area contributed by atoms with Gasteiger partial charge in [-0.15, -0.1) is 0 Å². The average Bonchev–Trinajstić information content (AvgIpc) is 2.44. The van der Waals surface area contributed by atoms with Crippen molar-refractivity contribution >= 4 is 22.9 Å². The van der Waals surface area contributed by atoms with E-state index >= 15 is 0 Å². The van der Waals surface area contributed by atoms with Crippen molar-refractivity contribution in [3.8, 4) is 0 Å². The van der Waals surface area contributed by atoms with E-state index in [0.29, 0.717) is 4.09 Å². The molecule has 0 spiro atoms. The number of hydrogen-bond acceptors (Lipinski definition) is 2. The SMILES string of the molecule is FC(F)(F)c1nc2ncccc2n1Cl. The molecule has 0 aliphatic rings. The fourth-order valence-corrected chi connectivity index (χ4v) is 1.33. The van der Waals surface area contributed by atoms with E-state index in [9.17, 15) is 13.2 Å². The van der Waals surface area contributed by atoms with Crippen molar-refractivity contribution < 1.29 is 13.2 Å². The molecule has 2 heterocycles. The van der Waals surface area contributed by atoms with Crippen LogP contribution in [0.15, 0.2) is 18.3 Å². The molecule has 2 rings (SSSR count). The van der Waals surface area contributed by atoms with Gasteiger partial charge in [-0.05, 0) is 12.1 Å². The van der Waals surface area contributed by atoms with Crippen LogP contribution in [-0.4, -0.2) is 14.1 Å². The standard InChI is InChI=1S/C7H3ClF3N3/c8-14-4-2-1-3-12-5(4)13-6(14)7(9,10)11/h1-3H. The zero-order valence-corrected chi connectivity index (χ0v) is 7.34. The number of alkyl halides is 3. The monoisotopic (exact) mass is 221 g/mol. The summed E-state index contributed by atoms with van der Waals surface area (Å²) in [5.74, 6) is -1.16. The molecule has 14 heavy (non-hydrogen) atoms. The number of imidazole rings is 1. The van der Waals surface area contributed by atoms with E-state index in [1.165, 1.54) is 18.3 Å². The van der Waals surface area contributed by atoms with Crippen LogP contribution in [0.2, 0.25) is 0 Å². The summed E-state index contributed by atoms with van der Waals surface area (Å²) < 4.78 is 37.3. The second-order valence-electron chi connectivity index (χ2n) is 2.56. The second kappa shape index (κ2) is 2.84. The lowest BCUT2D eigenvalue weighted by atomic mass is 10.4. The van der Waals surface area contributed by atoms with Crippen molar-refractivity contribution in [1.29, 1.82) is 0 Å². The van der Waals surface area contributed by atoms with Gasteiger partial charge in [-0.3, -0.25) is 0 Å². The van der Waals surface area contributed by atoms with Gasteiger partial charge in [-0.1, -0.05) is 0 Å². The second-order valence-corrected chi connectivity index (χ2v) is 2.90. The first-order chi connectivity index (χ1) is 6.50. The van der Waals surface area contributed by atoms with Gasteiger partial charge in [0.1, 0.15) is 5.52 Å². The van der Waals surface area contributed by atoms with E-state index in [2.05, 4.69) is 9.97 Å². The summed E-state index contributed by atoms with van der Waals surface area (Å²) in [4.78, 5) is 6.94. The molecule has 0 bridgehead atoms. The molecule has 0 saturated heterocycles. The Morgan fingerprint density at radius 3 is 2.64 bits per heavy atom. The molecule has 0 atom stereocenters. The fraction of sp³-hybridized carbons (Fsp3) is 0.143. The number of rotatable bonds is 0. The summed E-state index contributed by atoms with van der Waals surface area (Å²) in [6.07, 6.45) is -3.21. The summed E-state index contributed by atoms with van der Waals surface area (Å²) >= 11 is 5.44. The summed E-state index contributed by atoms with van der Waals surface area (Å²) in [7, 11) is 0. The van der Waals surface area contributed by atoms with Crippen molar-refractivity contribution in [1.82, 2.24) is 14.1 Å². The van der Waals surface area contributed by atoms with Gasteiger partial charge in [-0.25, -0.2) is 14.1 Å². The topological polar surface area (TPSA) is 30.7 Å². The van der Waals surface area contributed by atoms with Gasteiger partial charge < -0.3 is 0 Å². The van der Waals surface area contributed by atoms with Gasteiger partial charge >= 0.3 is 6.18 Å². The lowest BCUT2D eigenvalue weighted by Gasteiger charge is -2.02. The zero-order chi connectivity index (χ0) is 10.3. The maximum atomic E-state index is 12.3. The molecular weight excluding hydrogens is 219 g/mol. The van der Waals surface area contributed by atoms with Crippen LogP contribution in [0.1, 0.15) is 5.82 Å². The van der Waals surface area contributed by atoms with E-state index in [-0.39, 0.29) is 11.2 Å². The molecule has 0 aliphatic heterocycles. The van der Waals surface area contributed by atoms with Crippen molar-refractivity contribution in [2.75, 3.05) is 0 Å². The van der Waals surface area contributed by atoms with Crippen LogP contribution in [-0.2, 0) is 6.18 Å². The predicted octanol–water partition coefficient (Wildman–Crippen LogP) is 2.45. The number of hydrogen-bond donors (Lipinski definition) is 0. The number of fused-ring (bicyclic) bond motifs is 1. The van der Waals surface area contributed by atoms with Crippen LogP contribution in [0.3, 0.4) is 0 Å². The van der Waals surface area contributed by atoms with Gasteiger partial charge in [0, 0.05) is 18.0 Å². The van der Waals surface area contributed by atoms with E-state index in [0.717, 1.165) is 0 Å². The Morgan fingerprint density at radius 2 is 2.07 bits per heavy atom. The molecule has 0 aromatic carbocycles. The van der Waals surface area contributed by atoms with Crippen LogP contribution < -0.4 is 0 Å². The molecular formula is C7H3ClF3N3. The first-order valence-corrected chi connectivity index (χ1v) is 3.91. The van der Waals surface area contributed by atoms with E-state index in [1.807, 2.05) is 0 Å². The quantitative estimate of drug-likeness (QED) is 0.684. The third-order valence-electron chi connectivity index (χ3n) is 1.63. The highest BCUT2D eigenvalue weighted by atomic mass is 35.5. The molecule has 3 nitrogen and oxygen atoms in total. The van der Waals surface area contributed by atoms with Crippen molar-refractivity contribution in [2.24, 2.45) is 0 Å². The first kappa shape index (κ1) is 9.26. The van der Waals surface area contributed by atoms with Crippen molar-refractivity contribution in [3.63, 3.8) is 0 Å². The Hall–Kier alpha value is -1.30. The molecule has 7 heteroatoms. The summed E-state index contributed by atoms with van der Waals surface area (Å²) in [6.45, 7) is 0. The van der Waals surface area contributed by atoms with Gasteiger partial charge in [0.2, 0.25) is 5.82 Å². The molecule has 74 valence electrons. The van der Waals surface area contributed by atoms with Crippen LogP contribution in [0.25, 0.3) is 11.2 Å². The Kier molecular flexibility index (Phi) is 1.88. The maximum Gasteiger partial charge on any atom is 0.451 e. The number of halogens is 4. The smallest absolute Gasteiger partial charge is 0.235 e. The molecule has 2 aromatic rings. The number of pyridine rings is 1. The molecule has 2 aromatic heterocycles. The number of aromatic nitrogens is 3. The molecule has 0 amide bonds. The molecule has 0 radical (unpaired) electrons. The van der Waals surface area contributed by atoms with E-state index < -0.39 is 12.0 Å². The van der Waals surface area contributed by atoms with Crippen LogP contribution >= 0.6 is 11.8 Å². The average molecular weight is 222 g/mol.